The maximum atomic E-state index is 9.69. The lowest BCUT2D eigenvalue weighted by Gasteiger charge is -2.28. The third-order valence-corrected chi connectivity index (χ3v) is 9.82. The summed E-state index contributed by atoms with van der Waals surface area (Å²) in [6.45, 7) is 0. The highest BCUT2D eigenvalue weighted by atomic mass is 16.3. The van der Waals surface area contributed by atoms with Gasteiger partial charge in [-0.2, -0.15) is 0 Å². The summed E-state index contributed by atoms with van der Waals surface area (Å²) in [4.78, 5) is 1.39. The molecule has 2 nitrogen and oxygen atoms in total. The molecule has 0 amide bonds. The summed E-state index contributed by atoms with van der Waals surface area (Å²) < 4.78 is 82.7. The summed E-state index contributed by atoms with van der Waals surface area (Å²) in [6, 6.07) is 48.0. The highest BCUT2D eigenvalue weighted by Gasteiger charge is 2.22. The topological polar surface area (TPSA) is 16.4 Å². The standard InChI is InChI=1S/C52H35NO/c1-3-13-36(14-4-1)38-23-25-39(26-24-38)41-29-33-44(34-30-41)53(43-31-27-40(28-32-43)37-15-5-2-6-16-37)49-21-11-9-19-46(49)48-35-42-17-7-8-18-45(42)52-51(48)47-20-10-12-22-50(47)54-52/h1-35H/i27D,28D,29D,30D,31D,32D,33D,34D. The molecule has 254 valence electrons. The van der Waals surface area contributed by atoms with Crippen LogP contribution in [0.15, 0.2) is 217 Å². The summed E-state index contributed by atoms with van der Waals surface area (Å²) >= 11 is 0. The van der Waals surface area contributed by atoms with Crippen molar-refractivity contribution in [2.24, 2.45) is 0 Å². The van der Waals surface area contributed by atoms with E-state index in [1.54, 1.807) is 48.5 Å². The van der Waals surface area contributed by atoms with Gasteiger partial charge in [0.15, 0.2) is 0 Å². The number of rotatable bonds is 7. The van der Waals surface area contributed by atoms with E-state index in [4.69, 9.17) is 4.42 Å². The van der Waals surface area contributed by atoms with Gasteiger partial charge in [0, 0.05) is 33.1 Å². The molecule has 0 bridgehead atoms. The zero-order valence-electron chi connectivity index (χ0n) is 36.9. The van der Waals surface area contributed by atoms with E-state index >= 15 is 0 Å². The second-order valence-electron chi connectivity index (χ2n) is 13.1. The molecular weight excluding hydrogens is 655 g/mol. The van der Waals surface area contributed by atoms with Crippen LogP contribution in [0.25, 0.3) is 77.2 Å². The minimum absolute atomic E-state index is 0.0941. The second kappa shape index (κ2) is 13.4. The maximum Gasteiger partial charge on any atom is 0.143 e. The zero-order valence-corrected chi connectivity index (χ0v) is 28.9. The number of para-hydroxylation sites is 2. The molecule has 0 saturated heterocycles. The smallest absolute Gasteiger partial charge is 0.143 e. The van der Waals surface area contributed by atoms with Gasteiger partial charge in [0.05, 0.1) is 16.7 Å². The van der Waals surface area contributed by atoms with E-state index in [2.05, 4.69) is 0 Å². The van der Waals surface area contributed by atoms with Crippen LogP contribution in [-0.4, -0.2) is 0 Å². The number of hydrogen-bond donors (Lipinski definition) is 0. The van der Waals surface area contributed by atoms with Crippen LogP contribution in [0.3, 0.4) is 0 Å². The Morgan fingerprint density at radius 2 is 0.870 bits per heavy atom. The molecule has 0 spiro atoms. The van der Waals surface area contributed by atoms with Crippen molar-refractivity contribution in [2.45, 2.75) is 0 Å². The van der Waals surface area contributed by atoms with Gasteiger partial charge in [0.1, 0.15) is 11.2 Å². The van der Waals surface area contributed by atoms with Gasteiger partial charge in [0.2, 0.25) is 0 Å². The fourth-order valence-electron chi connectivity index (χ4n) is 7.21. The third kappa shape index (κ3) is 5.62. The third-order valence-electron chi connectivity index (χ3n) is 9.82. The Hall–Kier alpha value is -7.16. The summed E-state index contributed by atoms with van der Waals surface area (Å²) in [5, 5.41) is 3.45. The first-order valence-corrected chi connectivity index (χ1v) is 17.8. The number of nitrogens with zero attached hydrogens (tertiary/aromatic N) is 1. The van der Waals surface area contributed by atoms with E-state index in [-0.39, 0.29) is 46.7 Å². The number of fused-ring (bicyclic) bond motifs is 5. The minimum atomic E-state index is -0.413. The molecule has 54 heavy (non-hydrogen) atoms. The molecule has 9 aromatic carbocycles. The molecule has 0 aliphatic heterocycles. The van der Waals surface area contributed by atoms with Crippen LogP contribution in [0.4, 0.5) is 17.1 Å². The lowest BCUT2D eigenvalue weighted by molar-refractivity contribution is 0.673. The van der Waals surface area contributed by atoms with E-state index < -0.39 is 24.2 Å². The van der Waals surface area contributed by atoms with E-state index in [0.717, 1.165) is 38.2 Å². The molecule has 2 heteroatoms. The summed E-state index contributed by atoms with van der Waals surface area (Å²) in [6.07, 6.45) is 0. The Morgan fingerprint density at radius 3 is 1.52 bits per heavy atom. The molecule has 10 rings (SSSR count). The lowest BCUT2D eigenvalue weighted by Crippen LogP contribution is -2.11. The quantitative estimate of drug-likeness (QED) is 0.165. The van der Waals surface area contributed by atoms with Crippen LogP contribution in [0.2, 0.25) is 0 Å². The first-order valence-electron chi connectivity index (χ1n) is 21.8. The first-order chi connectivity index (χ1) is 30.1. The average molecular weight is 698 g/mol. The maximum absolute atomic E-state index is 9.69. The zero-order chi connectivity index (χ0) is 42.8. The molecule has 0 aliphatic carbocycles. The van der Waals surface area contributed by atoms with Gasteiger partial charge in [-0.05, 0) is 86.7 Å². The van der Waals surface area contributed by atoms with Gasteiger partial charge in [-0.1, -0.05) is 170 Å². The van der Waals surface area contributed by atoms with Gasteiger partial charge in [-0.15, -0.1) is 0 Å². The van der Waals surface area contributed by atoms with Gasteiger partial charge in [-0.25, -0.2) is 0 Å². The van der Waals surface area contributed by atoms with Crippen LogP contribution >= 0.6 is 0 Å². The van der Waals surface area contributed by atoms with Gasteiger partial charge >= 0.3 is 0 Å². The largest absolute Gasteiger partial charge is 0.455 e. The van der Waals surface area contributed by atoms with Crippen molar-refractivity contribution in [3.8, 4) is 44.5 Å². The molecule has 0 radical (unpaired) electrons. The Labute approximate surface area is 326 Å². The van der Waals surface area contributed by atoms with E-state index in [1.165, 1.54) is 4.90 Å². The first kappa shape index (κ1) is 24.2. The molecule has 1 heterocycles. The summed E-state index contributed by atoms with van der Waals surface area (Å²) in [7, 11) is 0. The van der Waals surface area contributed by atoms with Crippen molar-refractivity contribution >= 4 is 49.8 Å². The van der Waals surface area contributed by atoms with Crippen LogP contribution in [0, 0.1) is 0 Å². The number of furan rings is 1. The van der Waals surface area contributed by atoms with E-state index in [0.29, 0.717) is 33.5 Å². The SMILES string of the molecule is [2H]c1c([2H])c(N(c2ccccc2-c2cc3ccccc3c3oc4ccccc4c23)c2c([2H])c([2H])c(-c3ccc(-c4ccccc4)cc3)c([2H])c2[2H])c([2H])c([2H])c1-c1ccccc1. The molecule has 0 atom stereocenters. The van der Waals surface area contributed by atoms with Crippen molar-refractivity contribution in [3.05, 3.63) is 212 Å². The van der Waals surface area contributed by atoms with Gasteiger partial charge in [-0.3, -0.25) is 0 Å². The monoisotopic (exact) mass is 697 g/mol. The van der Waals surface area contributed by atoms with E-state index in [1.807, 2.05) is 115 Å². The summed E-state index contributed by atoms with van der Waals surface area (Å²) in [5.41, 5.74) is 5.63. The molecule has 10 aromatic rings. The highest BCUT2D eigenvalue weighted by Crippen LogP contribution is 2.47. The van der Waals surface area contributed by atoms with Gasteiger partial charge in [0.25, 0.3) is 0 Å². The fraction of sp³-hybridized carbons (Fsp3) is 0. The average Bonchev–Trinajstić information content (AvgIpc) is 3.71. The van der Waals surface area contributed by atoms with Crippen molar-refractivity contribution in [2.75, 3.05) is 4.90 Å². The Bertz CT molecular complexity index is 3330. The highest BCUT2D eigenvalue weighted by molar-refractivity contribution is 6.22. The minimum Gasteiger partial charge on any atom is -0.455 e. The number of benzene rings is 9. The van der Waals surface area contributed by atoms with Crippen molar-refractivity contribution < 1.29 is 15.4 Å². The lowest BCUT2D eigenvalue weighted by atomic mass is 9.93. The number of anilines is 3. The predicted molar refractivity (Wildman–Crippen MR) is 228 cm³/mol. The molecular formula is C52H35NO. The molecule has 1 aromatic heterocycles. The second-order valence-corrected chi connectivity index (χ2v) is 13.1. The Balaban J connectivity index is 1.27. The number of hydrogen-bond acceptors (Lipinski definition) is 2. The van der Waals surface area contributed by atoms with Crippen molar-refractivity contribution in [1.82, 2.24) is 0 Å². The van der Waals surface area contributed by atoms with Crippen LogP contribution < -0.4 is 4.90 Å². The molecule has 0 saturated carbocycles. The summed E-state index contributed by atoms with van der Waals surface area (Å²) in [5.74, 6) is 0. The van der Waals surface area contributed by atoms with Crippen LogP contribution in [0.1, 0.15) is 11.0 Å². The molecule has 0 unspecified atom stereocenters. The van der Waals surface area contributed by atoms with Crippen molar-refractivity contribution in [3.63, 3.8) is 0 Å². The fourth-order valence-corrected chi connectivity index (χ4v) is 7.21. The Kier molecular flexibility index (Phi) is 6.01. The van der Waals surface area contributed by atoms with Crippen LogP contribution in [-0.2, 0) is 0 Å². The van der Waals surface area contributed by atoms with E-state index in [9.17, 15) is 11.0 Å². The predicted octanol–water partition coefficient (Wildman–Crippen LogP) is 14.9. The normalized spacial score (nSPS) is 13.4. The molecule has 0 aliphatic rings. The Morgan fingerprint density at radius 1 is 0.389 bits per heavy atom. The van der Waals surface area contributed by atoms with Gasteiger partial charge < -0.3 is 9.32 Å². The van der Waals surface area contributed by atoms with Crippen LogP contribution in [0.5, 0.6) is 0 Å². The molecule has 0 fully saturated rings. The van der Waals surface area contributed by atoms with Crippen molar-refractivity contribution in [1.29, 1.82) is 0 Å². The molecule has 0 N–H and O–H groups in total.